The fourth-order valence-corrected chi connectivity index (χ4v) is 4.91. The van der Waals surface area contributed by atoms with Gasteiger partial charge in [-0.1, -0.05) is 22.0 Å². The molecule has 1 aromatic rings. The predicted molar refractivity (Wildman–Crippen MR) is 84.0 cm³/mol. The van der Waals surface area contributed by atoms with Crippen LogP contribution in [0.3, 0.4) is 0 Å². The Morgan fingerprint density at radius 2 is 2.15 bits per heavy atom. The molecule has 2 N–H and O–H groups in total. The summed E-state index contributed by atoms with van der Waals surface area (Å²) in [6, 6.07) is 5.39. The van der Waals surface area contributed by atoms with Gasteiger partial charge in [0.2, 0.25) is 10.0 Å². The van der Waals surface area contributed by atoms with Crippen LogP contribution in [0.1, 0.15) is 25.3 Å². The first-order chi connectivity index (χ1) is 9.32. The van der Waals surface area contributed by atoms with Crippen molar-refractivity contribution in [3.63, 3.8) is 0 Å². The average Bonchev–Trinajstić information content (AvgIpc) is 2.41. The molecule has 1 aromatic carbocycles. The van der Waals surface area contributed by atoms with Crippen molar-refractivity contribution in [1.29, 1.82) is 0 Å². The van der Waals surface area contributed by atoms with Crippen molar-refractivity contribution in [3.8, 4) is 0 Å². The Labute approximate surface area is 129 Å². The van der Waals surface area contributed by atoms with Gasteiger partial charge in [-0.25, -0.2) is 8.42 Å². The molecule has 1 saturated heterocycles. The molecular weight excluding hydrogens is 340 g/mol. The van der Waals surface area contributed by atoms with E-state index in [1.54, 1.807) is 10.4 Å². The third-order valence-corrected chi connectivity index (χ3v) is 6.43. The summed E-state index contributed by atoms with van der Waals surface area (Å²) in [5.41, 5.74) is 6.71. The molecule has 1 aliphatic rings. The number of sulfonamides is 1. The zero-order valence-corrected chi connectivity index (χ0v) is 14.2. The molecule has 1 fully saturated rings. The van der Waals surface area contributed by atoms with Crippen LogP contribution < -0.4 is 5.73 Å². The summed E-state index contributed by atoms with van der Waals surface area (Å²) >= 11 is 3.34. The highest BCUT2D eigenvalue weighted by Crippen LogP contribution is 2.28. The van der Waals surface area contributed by atoms with Crippen molar-refractivity contribution in [1.82, 2.24) is 4.31 Å². The summed E-state index contributed by atoms with van der Waals surface area (Å²) in [6.07, 6.45) is 1.87. The van der Waals surface area contributed by atoms with Gasteiger partial charge in [-0.15, -0.1) is 0 Å². The highest BCUT2D eigenvalue weighted by atomic mass is 79.9. The number of benzene rings is 1. The molecule has 0 radical (unpaired) electrons. The Balaban J connectivity index is 2.32. The maximum atomic E-state index is 12.8. The largest absolute Gasteiger partial charge is 0.328 e. The zero-order chi connectivity index (χ0) is 14.9. The van der Waals surface area contributed by atoms with Gasteiger partial charge in [0.15, 0.2) is 0 Å². The molecule has 4 nitrogen and oxygen atoms in total. The maximum absolute atomic E-state index is 12.8. The summed E-state index contributed by atoms with van der Waals surface area (Å²) in [7, 11) is -3.43. The Bertz CT molecular complexity index is 587. The Morgan fingerprint density at radius 1 is 1.45 bits per heavy atom. The molecular formula is C14H21BrN2O2S. The van der Waals surface area contributed by atoms with Crippen LogP contribution in [0.25, 0.3) is 0 Å². The SMILES string of the molecule is Cc1ccc(Br)cc1S(=O)(=O)N1CCC[C@H]([C@@H](C)N)C1. The molecule has 20 heavy (non-hydrogen) atoms. The van der Waals surface area contributed by atoms with E-state index in [1.807, 2.05) is 26.0 Å². The van der Waals surface area contributed by atoms with E-state index < -0.39 is 10.0 Å². The quantitative estimate of drug-likeness (QED) is 0.900. The number of rotatable bonds is 3. The second-order valence-corrected chi connectivity index (χ2v) is 8.36. The summed E-state index contributed by atoms with van der Waals surface area (Å²) in [4.78, 5) is 0.386. The third-order valence-electron chi connectivity index (χ3n) is 3.93. The van der Waals surface area contributed by atoms with Crippen molar-refractivity contribution in [2.45, 2.75) is 37.6 Å². The average molecular weight is 361 g/mol. The van der Waals surface area contributed by atoms with Crippen molar-refractivity contribution >= 4 is 26.0 Å². The van der Waals surface area contributed by atoms with Crippen LogP contribution in [0.2, 0.25) is 0 Å². The van der Waals surface area contributed by atoms with Crippen molar-refractivity contribution < 1.29 is 8.42 Å². The van der Waals surface area contributed by atoms with Gasteiger partial charge in [-0.3, -0.25) is 0 Å². The molecule has 0 aliphatic carbocycles. The van der Waals surface area contributed by atoms with Gasteiger partial charge >= 0.3 is 0 Å². The molecule has 0 saturated carbocycles. The van der Waals surface area contributed by atoms with E-state index in [9.17, 15) is 8.42 Å². The van der Waals surface area contributed by atoms with Crippen LogP contribution in [-0.2, 0) is 10.0 Å². The minimum Gasteiger partial charge on any atom is -0.328 e. The Hall–Kier alpha value is -0.430. The molecule has 2 atom stereocenters. The zero-order valence-electron chi connectivity index (χ0n) is 11.8. The lowest BCUT2D eigenvalue weighted by molar-refractivity contribution is 0.243. The molecule has 0 bridgehead atoms. The minimum atomic E-state index is -3.43. The van der Waals surface area contributed by atoms with Gasteiger partial charge in [0.25, 0.3) is 0 Å². The lowest BCUT2D eigenvalue weighted by Gasteiger charge is -2.34. The molecule has 6 heteroatoms. The van der Waals surface area contributed by atoms with Crippen molar-refractivity contribution in [2.24, 2.45) is 11.7 Å². The van der Waals surface area contributed by atoms with E-state index in [1.165, 1.54) is 0 Å². The minimum absolute atomic E-state index is 0.0246. The first kappa shape index (κ1) is 15.9. The van der Waals surface area contributed by atoms with Crippen LogP contribution >= 0.6 is 15.9 Å². The van der Waals surface area contributed by atoms with E-state index in [4.69, 9.17) is 5.73 Å². The number of hydrogen-bond donors (Lipinski definition) is 1. The van der Waals surface area contributed by atoms with Crippen LogP contribution in [0, 0.1) is 12.8 Å². The second-order valence-electron chi connectivity index (χ2n) is 5.53. The van der Waals surface area contributed by atoms with Gasteiger partial charge in [-0.05, 0) is 50.3 Å². The fraction of sp³-hybridized carbons (Fsp3) is 0.571. The third kappa shape index (κ3) is 3.24. The summed E-state index contributed by atoms with van der Waals surface area (Å²) < 4.78 is 27.9. The molecule has 0 aromatic heterocycles. The molecule has 112 valence electrons. The number of aryl methyl sites for hydroxylation is 1. The lowest BCUT2D eigenvalue weighted by atomic mass is 9.93. The van der Waals surface area contributed by atoms with Crippen molar-refractivity contribution in [3.05, 3.63) is 28.2 Å². The second kappa shape index (κ2) is 6.13. The fourth-order valence-electron chi connectivity index (χ4n) is 2.61. The normalized spacial score (nSPS) is 22.7. The summed E-state index contributed by atoms with van der Waals surface area (Å²) in [5.74, 6) is 0.242. The number of halogens is 1. The van der Waals surface area contributed by atoms with E-state index in [-0.39, 0.29) is 12.0 Å². The molecule has 2 rings (SSSR count). The smallest absolute Gasteiger partial charge is 0.243 e. The van der Waals surface area contributed by atoms with Gasteiger partial charge in [-0.2, -0.15) is 4.31 Å². The van der Waals surface area contributed by atoms with Crippen LogP contribution in [-0.4, -0.2) is 31.9 Å². The number of nitrogens with two attached hydrogens (primary N) is 1. The van der Waals surface area contributed by atoms with Crippen molar-refractivity contribution in [2.75, 3.05) is 13.1 Å². The highest BCUT2D eigenvalue weighted by Gasteiger charge is 2.32. The monoisotopic (exact) mass is 360 g/mol. The first-order valence-corrected chi connectivity index (χ1v) is 9.07. The topological polar surface area (TPSA) is 63.4 Å². The van der Waals surface area contributed by atoms with Crippen LogP contribution in [0.5, 0.6) is 0 Å². The van der Waals surface area contributed by atoms with E-state index in [2.05, 4.69) is 15.9 Å². The van der Waals surface area contributed by atoms with Gasteiger partial charge in [0, 0.05) is 23.6 Å². The Morgan fingerprint density at radius 3 is 2.80 bits per heavy atom. The van der Waals surface area contributed by atoms with E-state index >= 15 is 0 Å². The number of piperidine rings is 1. The van der Waals surface area contributed by atoms with Crippen LogP contribution in [0.4, 0.5) is 0 Å². The predicted octanol–water partition coefficient (Wildman–Crippen LogP) is 2.51. The summed E-state index contributed by atoms with van der Waals surface area (Å²) in [5, 5.41) is 0. The lowest BCUT2D eigenvalue weighted by Crippen LogP contribution is -2.45. The van der Waals surface area contributed by atoms with Gasteiger partial charge in [0.1, 0.15) is 0 Å². The number of nitrogens with zero attached hydrogens (tertiary/aromatic N) is 1. The molecule has 1 heterocycles. The first-order valence-electron chi connectivity index (χ1n) is 6.84. The molecule has 0 amide bonds. The Kier molecular flexibility index (Phi) is 4.89. The molecule has 0 spiro atoms. The number of hydrogen-bond acceptors (Lipinski definition) is 3. The van der Waals surface area contributed by atoms with Gasteiger partial charge < -0.3 is 5.73 Å². The van der Waals surface area contributed by atoms with E-state index in [0.29, 0.717) is 18.0 Å². The maximum Gasteiger partial charge on any atom is 0.243 e. The van der Waals surface area contributed by atoms with E-state index in [0.717, 1.165) is 22.9 Å². The molecule has 0 unspecified atom stereocenters. The van der Waals surface area contributed by atoms with Crippen LogP contribution in [0.15, 0.2) is 27.6 Å². The molecule has 1 aliphatic heterocycles. The highest BCUT2D eigenvalue weighted by molar-refractivity contribution is 9.10. The summed E-state index contributed by atoms with van der Waals surface area (Å²) in [6.45, 7) is 4.88. The standard InChI is InChI=1S/C14H21BrN2O2S/c1-10-5-6-13(15)8-14(10)20(18,19)17-7-3-4-12(9-17)11(2)16/h5-6,8,11-12H,3-4,7,9,16H2,1-2H3/t11-,12+/m1/s1. The van der Waals surface area contributed by atoms with Gasteiger partial charge in [0.05, 0.1) is 4.90 Å².